The Bertz CT molecular complexity index is 472. The quantitative estimate of drug-likeness (QED) is 0.871. The van der Waals surface area contributed by atoms with E-state index in [0.29, 0.717) is 5.69 Å². The molecule has 1 aromatic heterocycles. The number of nitrogens with zero attached hydrogens (tertiary/aromatic N) is 2. The summed E-state index contributed by atoms with van der Waals surface area (Å²) >= 11 is 0. The van der Waals surface area contributed by atoms with Crippen molar-refractivity contribution >= 4 is 11.9 Å². The van der Waals surface area contributed by atoms with Crippen LogP contribution in [0, 0.1) is 0 Å². The molecule has 1 aromatic rings. The summed E-state index contributed by atoms with van der Waals surface area (Å²) in [5.41, 5.74) is 0.209. The van der Waals surface area contributed by atoms with Gasteiger partial charge in [0.25, 0.3) is 5.91 Å². The molecule has 112 valence electrons. The summed E-state index contributed by atoms with van der Waals surface area (Å²) in [6.45, 7) is 8.81. The minimum absolute atomic E-state index is 0.0442. The summed E-state index contributed by atoms with van der Waals surface area (Å²) in [7, 11) is 0. The summed E-state index contributed by atoms with van der Waals surface area (Å²) in [6.07, 6.45) is 2.78. The van der Waals surface area contributed by atoms with E-state index in [4.69, 9.17) is 5.11 Å². The van der Waals surface area contributed by atoms with Crippen LogP contribution in [-0.4, -0.2) is 38.5 Å². The molecule has 5 nitrogen and oxygen atoms in total. The molecule has 0 unspecified atom stereocenters. The van der Waals surface area contributed by atoms with E-state index in [0.717, 1.165) is 13.0 Å². The molecule has 0 spiro atoms. The number of amides is 1. The van der Waals surface area contributed by atoms with Crippen molar-refractivity contribution in [1.29, 1.82) is 0 Å². The average Bonchev–Trinajstić information content (AvgIpc) is 2.75. The highest BCUT2D eigenvalue weighted by atomic mass is 16.4. The number of rotatable bonds is 6. The molecule has 0 saturated carbocycles. The fourth-order valence-corrected chi connectivity index (χ4v) is 2.13. The molecule has 20 heavy (non-hydrogen) atoms. The van der Waals surface area contributed by atoms with Gasteiger partial charge >= 0.3 is 5.97 Å². The second-order valence-corrected chi connectivity index (χ2v) is 5.86. The summed E-state index contributed by atoms with van der Waals surface area (Å²) in [4.78, 5) is 25.1. The minimum Gasteiger partial charge on any atom is -0.481 e. The van der Waals surface area contributed by atoms with Gasteiger partial charge in [0.05, 0.1) is 6.42 Å². The molecule has 0 aliphatic rings. The highest BCUT2D eigenvalue weighted by molar-refractivity contribution is 5.93. The van der Waals surface area contributed by atoms with Crippen LogP contribution in [0.15, 0.2) is 18.3 Å². The third-order valence-corrected chi connectivity index (χ3v) is 3.12. The summed E-state index contributed by atoms with van der Waals surface area (Å²) in [5.74, 6) is -1.01. The molecule has 1 amide bonds. The molecule has 5 heteroatoms. The average molecular weight is 280 g/mol. The first-order valence-electron chi connectivity index (χ1n) is 6.96. The van der Waals surface area contributed by atoms with Gasteiger partial charge in [-0.2, -0.15) is 0 Å². The number of aryl methyl sites for hydroxylation is 1. The van der Waals surface area contributed by atoms with Gasteiger partial charge in [-0.25, -0.2) is 0 Å². The minimum atomic E-state index is -0.893. The number of hydrogen-bond donors (Lipinski definition) is 1. The lowest BCUT2D eigenvalue weighted by Gasteiger charge is -2.35. The SMILES string of the molecule is CCCn1cccc1C(=O)N(CCC(=O)O)C(C)(C)C. The van der Waals surface area contributed by atoms with Gasteiger partial charge in [-0.15, -0.1) is 0 Å². The van der Waals surface area contributed by atoms with Crippen LogP contribution in [0.4, 0.5) is 0 Å². The number of hydrogen-bond acceptors (Lipinski definition) is 2. The van der Waals surface area contributed by atoms with Crippen LogP contribution in [0.1, 0.15) is 51.0 Å². The molecule has 1 heterocycles. The van der Waals surface area contributed by atoms with Crippen LogP contribution in [0.5, 0.6) is 0 Å². The second kappa shape index (κ2) is 6.59. The topological polar surface area (TPSA) is 62.5 Å². The Morgan fingerprint density at radius 3 is 2.50 bits per heavy atom. The Kier molecular flexibility index (Phi) is 5.36. The van der Waals surface area contributed by atoms with Crippen molar-refractivity contribution in [1.82, 2.24) is 9.47 Å². The Morgan fingerprint density at radius 1 is 1.35 bits per heavy atom. The number of carbonyl (C=O) groups excluding carboxylic acids is 1. The lowest BCUT2D eigenvalue weighted by molar-refractivity contribution is -0.137. The molecule has 0 saturated heterocycles. The molecule has 1 rings (SSSR count). The largest absolute Gasteiger partial charge is 0.481 e. The van der Waals surface area contributed by atoms with E-state index >= 15 is 0 Å². The van der Waals surface area contributed by atoms with E-state index in [2.05, 4.69) is 6.92 Å². The van der Waals surface area contributed by atoms with Crippen molar-refractivity contribution in [3.8, 4) is 0 Å². The van der Waals surface area contributed by atoms with Crippen molar-refractivity contribution in [2.45, 2.75) is 52.6 Å². The first kappa shape index (κ1) is 16.3. The first-order chi connectivity index (χ1) is 9.27. The zero-order valence-corrected chi connectivity index (χ0v) is 12.7. The molecule has 0 bridgehead atoms. The van der Waals surface area contributed by atoms with Gasteiger partial charge in [0, 0.05) is 24.8 Å². The Labute approximate surface area is 120 Å². The van der Waals surface area contributed by atoms with Crippen LogP contribution in [0.2, 0.25) is 0 Å². The van der Waals surface area contributed by atoms with Crippen molar-refractivity contribution in [2.24, 2.45) is 0 Å². The zero-order chi connectivity index (χ0) is 15.3. The highest BCUT2D eigenvalue weighted by Gasteiger charge is 2.29. The van der Waals surface area contributed by atoms with Crippen molar-refractivity contribution in [3.63, 3.8) is 0 Å². The Balaban J connectivity index is 2.98. The van der Waals surface area contributed by atoms with E-state index in [1.54, 1.807) is 11.0 Å². The number of aliphatic carboxylic acids is 1. The van der Waals surface area contributed by atoms with Crippen LogP contribution in [0.3, 0.4) is 0 Å². The normalized spacial score (nSPS) is 11.4. The number of carboxylic acid groups (broad SMARTS) is 1. The molecule has 0 atom stereocenters. The van der Waals surface area contributed by atoms with E-state index in [1.165, 1.54) is 0 Å². The maximum atomic E-state index is 12.7. The summed E-state index contributed by atoms with van der Waals surface area (Å²) in [5, 5.41) is 8.84. The third kappa shape index (κ3) is 4.11. The van der Waals surface area contributed by atoms with Gasteiger partial charge < -0.3 is 14.6 Å². The standard InChI is InChI=1S/C15H24N2O3/c1-5-9-16-10-6-7-12(16)14(20)17(15(2,3)4)11-8-13(18)19/h6-7,10H,5,8-9,11H2,1-4H3,(H,18,19). The molecule has 1 N–H and O–H groups in total. The van der Waals surface area contributed by atoms with E-state index in [1.807, 2.05) is 37.6 Å². The lowest BCUT2D eigenvalue weighted by Crippen LogP contribution is -2.47. The van der Waals surface area contributed by atoms with Gasteiger partial charge in [-0.3, -0.25) is 9.59 Å². The summed E-state index contributed by atoms with van der Waals surface area (Å²) in [6, 6.07) is 3.64. The van der Waals surface area contributed by atoms with E-state index in [-0.39, 0.29) is 18.9 Å². The van der Waals surface area contributed by atoms with Crippen LogP contribution in [-0.2, 0) is 11.3 Å². The lowest BCUT2D eigenvalue weighted by atomic mass is 10.0. The Hall–Kier alpha value is -1.78. The second-order valence-electron chi connectivity index (χ2n) is 5.86. The van der Waals surface area contributed by atoms with Gasteiger partial charge in [0.2, 0.25) is 0 Å². The van der Waals surface area contributed by atoms with Crippen LogP contribution < -0.4 is 0 Å². The smallest absolute Gasteiger partial charge is 0.305 e. The molecule has 0 radical (unpaired) electrons. The fourth-order valence-electron chi connectivity index (χ4n) is 2.13. The van der Waals surface area contributed by atoms with Crippen LogP contribution in [0.25, 0.3) is 0 Å². The Morgan fingerprint density at radius 2 is 2.00 bits per heavy atom. The van der Waals surface area contributed by atoms with Crippen molar-refractivity contribution in [3.05, 3.63) is 24.0 Å². The van der Waals surface area contributed by atoms with Crippen LogP contribution >= 0.6 is 0 Å². The molecule has 0 aliphatic heterocycles. The van der Waals surface area contributed by atoms with Gasteiger partial charge in [-0.05, 0) is 39.3 Å². The molecular formula is C15H24N2O3. The molecule has 0 aromatic carbocycles. The molecular weight excluding hydrogens is 256 g/mol. The molecule has 0 aliphatic carbocycles. The number of carbonyl (C=O) groups is 2. The third-order valence-electron chi connectivity index (χ3n) is 3.12. The maximum absolute atomic E-state index is 12.7. The summed E-state index contributed by atoms with van der Waals surface area (Å²) < 4.78 is 1.92. The number of aromatic nitrogens is 1. The first-order valence-corrected chi connectivity index (χ1v) is 6.96. The van der Waals surface area contributed by atoms with Gasteiger partial charge in [0.15, 0.2) is 0 Å². The van der Waals surface area contributed by atoms with Crippen molar-refractivity contribution < 1.29 is 14.7 Å². The fraction of sp³-hybridized carbons (Fsp3) is 0.600. The van der Waals surface area contributed by atoms with E-state index < -0.39 is 11.5 Å². The van der Waals surface area contributed by atoms with Crippen molar-refractivity contribution in [2.75, 3.05) is 6.54 Å². The maximum Gasteiger partial charge on any atom is 0.305 e. The van der Waals surface area contributed by atoms with E-state index in [9.17, 15) is 9.59 Å². The number of carboxylic acids is 1. The monoisotopic (exact) mass is 280 g/mol. The zero-order valence-electron chi connectivity index (χ0n) is 12.7. The highest BCUT2D eigenvalue weighted by Crippen LogP contribution is 2.18. The van der Waals surface area contributed by atoms with Gasteiger partial charge in [0.1, 0.15) is 5.69 Å². The predicted octanol–water partition coefficient (Wildman–Crippen LogP) is 2.61. The van der Waals surface area contributed by atoms with Gasteiger partial charge in [-0.1, -0.05) is 6.92 Å². The predicted molar refractivity (Wildman–Crippen MR) is 77.8 cm³/mol. The molecule has 0 fully saturated rings.